The van der Waals surface area contributed by atoms with E-state index in [-0.39, 0.29) is 17.1 Å². The molecule has 0 amide bonds. The molecule has 0 aliphatic carbocycles. The largest absolute Gasteiger partial charge is 0.454 e. The van der Waals surface area contributed by atoms with Crippen LogP contribution in [0.2, 0.25) is 0 Å². The van der Waals surface area contributed by atoms with Gasteiger partial charge < -0.3 is 4.74 Å². The minimum atomic E-state index is -0.715. The molecule has 0 N–H and O–H groups in total. The fourth-order valence-electron chi connectivity index (χ4n) is 1.25. The van der Waals surface area contributed by atoms with Gasteiger partial charge in [-0.2, -0.15) is 4.39 Å². The molecule has 0 saturated carbocycles. The first-order valence-electron chi connectivity index (χ1n) is 4.73. The first-order valence-corrected chi connectivity index (χ1v) is 4.73. The number of rotatable bonds is 3. The molecular weight excluding hydrogens is 228 g/mol. The van der Waals surface area contributed by atoms with Crippen LogP contribution in [-0.2, 0) is 0 Å². The third-order valence-electron chi connectivity index (χ3n) is 2.02. The summed E-state index contributed by atoms with van der Waals surface area (Å²) < 4.78 is 31.3. The number of aromatic nitrogens is 1. The fourth-order valence-corrected chi connectivity index (χ4v) is 1.25. The minimum absolute atomic E-state index is 0.0822. The zero-order valence-electron chi connectivity index (χ0n) is 8.56. The van der Waals surface area contributed by atoms with Crippen LogP contribution in [0, 0.1) is 11.8 Å². The fraction of sp³-hybridized carbons (Fsp3) is 0. The van der Waals surface area contributed by atoms with Crippen molar-refractivity contribution in [3.05, 3.63) is 53.9 Å². The normalized spacial score (nSPS) is 10.0. The van der Waals surface area contributed by atoms with Crippen molar-refractivity contribution in [3.8, 4) is 11.5 Å². The SMILES string of the molecule is O=Cc1ccc(Oc2ccnc(F)c2)c(F)c1. The van der Waals surface area contributed by atoms with Gasteiger partial charge in [0.05, 0.1) is 0 Å². The molecule has 17 heavy (non-hydrogen) atoms. The van der Waals surface area contributed by atoms with Crippen LogP contribution < -0.4 is 4.74 Å². The van der Waals surface area contributed by atoms with Gasteiger partial charge >= 0.3 is 0 Å². The van der Waals surface area contributed by atoms with Crippen LogP contribution in [0.15, 0.2) is 36.5 Å². The molecule has 0 saturated heterocycles. The number of pyridine rings is 1. The van der Waals surface area contributed by atoms with Gasteiger partial charge in [0, 0.05) is 17.8 Å². The maximum atomic E-state index is 13.4. The summed E-state index contributed by atoms with van der Waals surface area (Å²) in [5.41, 5.74) is 0.204. The maximum absolute atomic E-state index is 13.4. The van der Waals surface area contributed by atoms with Crippen molar-refractivity contribution in [1.29, 1.82) is 0 Å². The Kier molecular flexibility index (Phi) is 3.09. The molecule has 1 aromatic heterocycles. The van der Waals surface area contributed by atoms with E-state index in [1.807, 2.05) is 0 Å². The van der Waals surface area contributed by atoms with Gasteiger partial charge in [-0.15, -0.1) is 0 Å². The van der Waals surface area contributed by atoms with Gasteiger partial charge in [0.15, 0.2) is 11.6 Å². The van der Waals surface area contributed by atoms with Gasteiger partial charge in [-0.3, -0.25) is 4.79 Å². The summed E-state index contributed by atoms with van der Waals surface area (Å²) >= 11 is 0. The Balaban J connectivity index is 2.27. The standard InChI is InChI=1S/C12H7F2NO2/c13-10-5-8(7-16)1-2-11(10)17-9-3-4-15-12(14)6-9/h1-7H. The lowest BCUT2D eigenvalue weighted by Crippen LogP contribution is -1.91. The number of carbonyl (C=O) groups excluding carboxylic acids is 1. The molecule has 2 rings (SSSR count). The zero-order chi connectivity index (χ0) is 12.3. The average molecular weight is 235 g/mol. The van der Waals surface area contributed by atoms with E-state index in [0.29, 0.717) is 6.29 Å². The van der Waals surface area contributed by atoms with E-state index < -0.39 is 11.8 Å². The van der Waals surface area contributed by atoms with E-state index in [0.717, 1.165) is 12.1 Å². The molecule has 3 nitrogen and oxygen atoms in total. The number of nitrogens with zero attached hydrogens (tertiary/aromatic N) is 1. The van der Waals surface area contributed by atoms with E-state index in [9.17, 15) is 13.6 Å². The molecule has 1 heterocycles. The molecule has 5 heteroatoms. The number of ether oxygens (including phenoxy) is 1. The van der Waals surface area contributed by atoms with Crippen LogP contribution in [0.5, 0.6) is 11.5 Å². The Morgan fingerprint density at radius 3 is 2.65 bits per heavy atom. The number of halogens is 2. The van der Waals surface area contributed by atoms with Gasteiger partial charge in [0.1, 0.15) is 12.0 Å². The second-order valence-corrected chi connectivity index (χ2v) is 3.22. The highest BCUT2D eigenvalue weighted by Crippen LogP contribution is 2.24. The second-order valence-electron chi connectivity index (χ2n) is 3.22. The summed E-state index contributed by atoms with van der Waals surface area (Å²) in [4.78, 5) is 13.8. The third kappa shape index (κ3) is 2.63. The number of hydrogen-bond donors (Lipinski definition) is 0. The Labute approximate surface area is 95.7 Å². The molecule has 0 aliphatic rings. The van der Waals surface area contributed by atoms with Crippen molar-refractivity contribution in [2.75, 3.05) is 0 Å². The molecule has 0 bridgehead atoms. The summed E-state index contributed by atoms with van der Waals surface area (Å²) in [6.07, 6.45) is 1.74. The predicted molar refractivity (Wildman–Crippen MR) is 56.1 cm³/mol. The Hall–Kier alpha value is -2.30. The van der Waals surface area contributed by atoms with Gasteiger partial charge in [-0.1, -0.05) is 0 Å². The molecule has 86 valence electrons. The van der Waals surface area contributed by atoms with Crippen molar-refractivity contribution in [2.45, 2.75) is 0 Å². The molecular formula is C12H7F2NO2. The van der Waals surface area contributed by atoms with Crippen molar-refractivity contribution in [2.24, 2.45) is 0 Å². The van der Waals surface area contributed by atoms with Crippen LogP contribution in [0.3, 0.4) is 0 Å². The first kappa shape index (κ1) is 11.2. The molecule has 0 atom stereocenters. The highest BCUT2D eigenvalue weighted by molar-refractivity contribution is 5.75. The minimum Gasteiger partial charge on any atom is -0.454 e. The Morgan fingerprint density at radius 2 is 2.00 bits per heavy atom. The van der Waals surface area contributed by atoms with Crippen LogP contribution in [0.4, 0.5) is 8.78 Å². The van der Waals surface area contributed by atoms with E-state index in [1.165, 1.54) is 24.4 Å². The smallest absolute Gasteiger partial charge is 0.216 e. The van der Waals surface area contributed by atoms with Gasteiger partial charge in [0.2, 0.25) is 5.95 Å². The summed E-state index contributed by atoms with van der Waals surface area (Å²) in [7, 11) is 0. The Bertz CT molecular complexity index is 558. The highest BCUT2D eigenvalue weighted by Gasteiger charge is 2.06. The van der Waals surface area contributed by atoms with Crippen molar-refractivity contribution in [1.82, 2.24) is 4.98 Å². The third-order valence-corrected chi connectivity index (χ3v) is 2.02. The van der Waals surface area contributed by atoms with E-state index in [4.69, 9.17) is 4.74 Å². The van der Waals surface area contributed by atoms with Crippen molar-refractivity contribution >= 4 is 6.29 Å². The number of carbonyl (C=O) groups is 1. The lowest BCUT2D eigenvalue weighted by Gasteiger charge is -2.06. The molecule has 0 fully saturated rings. The summed E-state index contributed by atoms with van der Waals surface area (Å²) in [5.74, 6) is -1.35. The number of benzene rings is 1. The van der Waals surface area contributed by atoms with Crippen LogP contribution in [-0.4, -0.2) is 11.3 Å². The molecule has 0 unspecified atom stereocenters. The van der Waals surface area contributed by atoms with Crippen molar-refractivity contribution < 1.29 is 18.3 Å². The van der Waals surface area contributed by atoms with E-state index in [1.54, 1.807) is 0 Å². The van der Waals surface area contributed by atoms with Crippen LogP contribution >= 0.6 is 0 Å². The number of hydrogen-bond acceptors (Lipinski definition) is 3. The van der Waals surface area contributed by atoms with Gasteiger partial charge in [-0.05, 0) is 24.3 Å². The predicted octanol–water partition coefficient (Wildman–Crippen LogP) is 2.96. The quantitative estimate of drug-likeness (QED) is 0.606. The van der Waals surface area contributed by atoms with E-state index >= 15 is 0 Å². The highest BCUT2D eigenvalue weighted by atomic mass is 19.1. The average Bonchev–Trinajstić information content (AvgIpc) is 2.32. The topological polar surface area (TPSA) is 39.2 Å². The lowest BCUT2D eigenvalue weighted by atomic mass is 10.2. The summed E-state index contributed by atoms with van der Waals surface area (Å²) in [6.45, 7) is 0. The molecule has 0 radical (unpaired) electrons. The first-order chi connectivity index (χ1) is 8.19. The summed E-state index contributed by atoms with van der Waals surface area (Å²) in [6, 6.07) is 6.18. The summed E-state index contributed by atoms with van der Waals surface area (Å²) in [5, 5.41) is 0. The second kappa shape index (κ2) is 4.69. The molecule has 2 aromatic rings. The molecule has 0 aliphatic heterocycles. The number of aldehydes is 1. The Morgan fingerprint density at radius 1 is 1.18 bits per heavy atom. The monoisotopic (exact) mass is 235 g/mol. The molecule has 0 spiro atoms. The van der Waals surface area contributed by atoms with Gasteiger partial charge in [0.25, 0.3) is 0 Å². The zero-order valence-corrected chi connectivity index (χ0v) is 8.56. The van der Waals surface area contributed by atoms with Crippen LogP contribution in [0.1, 0.15) is 10.4 Å². The lowest BCUT2D eigenvalue weighted by molar-refractivity contribution is 0.112. The van der Waals surface area contributed by atoms with Gasteiger partial charge in [-0.25, -0.2) is 9.37 Å². The van der Waals surface area contributed by atoms with E-state index in [2.05, 4.69) is 4.98 Å². The van der Waals surface area contributed by atoms with Crippen LogP contribution in [0.25, 0.3) is 0 Å². The van der Waals surface area contributed by atoms with Crippen molar-refractivity contribution in [3.63, 3.8) is 0 Å². The molecule has 1 aromatic carbocycles. The maximum Gasteiger partial charge on any atom is 0.216 e.